The predicted molar refractivity (Wildman–Crippen MR) is 141 cm³/mol. The molecule has 1 atom stereocenters. The number of rotatable bonds is 10. The summed E-state index contributed by atoms with van der Waals surface area (Å²) < 4.78 is 16.7. The molecule has 7 nitrogen and oxygen atoms in total. The van der Waals surface area contributed by atoms with E-state index in [1.165, 1.54) is 0 Å². The molecule has 1 heterocycles. The van der Waals surface area contributed by atoms with E-state index >= 15 is 0 Å². The number of guanidine groups is 1. The minimum atomic E-state index is 0. The quantitative estimate of drug-likeness (QED) is 0.202. The summed E-state index contributed by atoms with van der Waals surface area (Å²) in [6, 6.07) is 16.4. The maximum absolute atomic E-state index is 5.80. The fraction of sp³-hybridized carbons (Fsp3) is 0.458. The molecule has 3 rings (SSSR count). The molecule has 0 bridgehead atoms. The first-order chi connectivity index (χ1) is 15.2. The lowest BCUT2D eigenvalue weighted by molar-refractivity contribution is 0.126. The number of anilines is 1. The number of aliphatic imine (C=N–C) groups is 1. The number of para-hydroxylation sites is 3. The van der Waals surface area contributed by atoms with Gasteiger partial charge >= 0.3 is 0 Å². The minimum Gasteiger partial charge on any atom is -0.496 e. The standard InChI is InChI=1S/C24H34N4O3.HI/c1-4-25-24(26-14-16-31-18-19-9-5-7-11-22(19)29-2)27-20-13-15-28(17-20)21-10-6-8-12-23(21)30-3;/h5-12,20H,4,13-18H2,1-3H3,(H2,25,26,27);1H. The summed E-state index contributed by atoms with van der Waals surface area (Å²) in [4.78, 5) is 7.03. The summed E-state index contributed by atoms with van der Waals surface area (Å²) in [7, 11) is 3.39. The monoisotopic (exact) mass is 554 g/mol. The van der Waals surface area contributed by atoms with Crippen molar-refractivity contribution in [3.63, 3.8) is 0 Å². The molecule has 0 radical (unpaired) electrons. The maximum Gasteiger partial charge on any atom is 0.191 e. The van der Waals surface area contributed by atoms with Crippen molar-refractivity contribution in [2.24, 2.45) is 4.99 Å². The van der Waals surface area contributed by atoms with Crippen LogP contribution in [0.1, 0.15) is 18.9 Å². The number of nitrogens with one attached hydrogen (secondary N) is 2. The maximum atomic E-state index is 5.80. The van der Waals surface area contributed by atoms with Crippen LogP contribution in [0.2, 0.25) is 0 Å². The fourth-order valence-electron chi connectivity index (χ4n) is 3.73. The van der Waals surface area contributed by atoms with E-state index in [4.69, 9.17) is 14.2 Å². The third kappa shape index (κ3) is 7.44. The number of ether oxygens (including phenoxy) is 3. The average molecular weight is 554 g/mol. The summed E-state index contributed by atoms with van der Waals surface area (Å²) in [5.41, 5.74) is 2.18. The fourth-order valence-corrected chi connectivity index (χ4v) is 3.73. The molecule has 1 aliphatic rings. The van der Waals surface area contributed by atoms with Gasteiger partial charge in [-0.3, -0.25) is 4.99 Å². The summed E-state index contributed by atoms with van der Waals surface area (Å²) in [5.74, 6) is 2.59. The Balaban J connectivity index is 0.00000363. The molecule has 0 spiro atoms. The van der Waals surface area contributed by atoms with Crippen LogP contribution in [-0.4, -0.2) is 59.0 Å². The van der Waals surface area contributed by atoms with Crippen molar-refractivity contribution in [1.82, 2.24) is 10.6 Å². The lowest BCUT2D eigenvalue weighted by atomic mass is 10.2. The zero-order valence-corrected chi connectivity index (χ0v) is 21.5. The van der Waals surface area contributed by atoms with E-state index in [-0.39, 0.29) is 24.0 Å². The van der Waals surface area contributed by atoms with Crippen LogP contribution < -0.4 is 25.0 Å². The molecule has 2 aromatic rings. The van der Waals surface area contributed by atoms with Gasteiger partial charge in [0.15, 0.2) is 5.96 Å². The highest BCUT2D eigenvalue weighted by Gasteiger charge is 2.25. The molecule has 0 saturated carbocycles. The minimum absolute atomic E-state index is 0. The lowest BCUT2D eigenvalue weighted by Gasteiger charge is -2.22. The Hall–Kier alpha value is -2.20. The number of hydrogen-bond donors (Lipinski definition) is 2. The Kier molecular flexibility index (Phi) is 11.4. The largest absolute Gasteiger partial charge is 0.496 e. The van der Waals surface area contributed by atoms with Crippen molar-refractivity contribution in [2.45, 2.75) is 26.0 Å². The van der Waals surface area contributed by atoms with Crippen molar-refractivity contribution < 1.29 is 14.2 Å². The van der Waals surface area contributed by atoms with Crippen LogP contribution in [-0.2, 0) is 11.3 Å². The van der Waals surface area contributed by atoms with Gasteiger partial charge in [-0.2, -0.15) is 0 Å². The van der Waals surface area contributed by atoms with E-state index in [1.54, 1.807) is 14.2 Å². The highest BCUT2D eigenvalue weighted by atomic mass is 127. The molecule has 2 aromatic carbocycles. The lowest BCUT2D eigenvalue weighted by Crippen LogP contribution is -2.44. The Morgan fingerprint density at radius 1 is 1.06 bits per heavy atom. The third-order valence-corrected chi connectivity index (χ3v) is 5.25. The third-order valence-electron chi connectivity index (χ3n) is 5.25. The van der Waals surface area contributed by atoms with Crippen LogP contribution in [0, 0.1) is 0 Å². The van der Waals surface area contributed by atoms with Gasteiger partial charge in [-0.1, -0.05) is 30.3 Å². The molecular weight excluding hydrogens is 519 g/mol. The molecule has 0 amide bonds. The van der Waals surface area contributed by atoms with Gasteiger partial charge in [0.1, 0.15) is 11.5 Å². The van der Waals surface area contributed by atoms with Gasteiger partial charge in [-0.25, -0.2) is 0 Å². The van der Waals surface area contributed by atoms with Crippen LogP contribution in [0.4, 0.5) is 5.69 Å². The summed E-state index contributed by atoms with van der Waals surface area (Å²) in [6.45, 7) is 6.44. The van der Waals surface area contributed by atoms with Crippen LogP contribution >= 0.6 is 24.0 Å². The first-order valence-electron chi connectivity index (χ1n) is 10.9. The molecule has 1 unspecified atom stereocenters. The van der Waals surface area contributed by atoms with Gasteiger partial charge in [0.2, 0.25) is 0 Å². The molecule has 1 saturated heterocycles. The highest BCUT2D eigenvalue weighted by molar-refractivity contribution is 14.0. The summed E-state index contributed by atoms with van der Waals surface area (Å²) >= 11 is 0. The molecule has 8 heteroatoms. The SMILES string of the molecule is CCNC(=NCCOCc1ccccc1OC)NC1CCN(c2ccccc2OC)C1.I. The first-order valence-corrected chi connectivity index (χ1v) is 10.9. The molecule has 0 aromatic heterocycles. The van der Waals surface area contributed by atoms with Gasteiger partial charge in [-0.05, 0) is 31.5 Å². The number of nitrogens with zero attached hydrogens (tertiary/aromatic N) is 2. The van der Waals surface area contributed by atoms with Crippen molar-refractivity contribution in [2.75, 3.05) is 51.9 Å². The van der Waals surface area contributed by atoms with E-state index in [2.05, 4.69) is 39.6 Å². The first kappa shape index (κ1) is 26.1. The molecule has 0 aliphatic carbocycles. The second kappa shape index (κ2) is 14.1. The van der Waals surface area contributed by atoms with Crippen LogP contribution in [0.3, 0.4) is 0 Å². The summed E-state index contributed by atoms with van der Waals surface area (Å²) in [5, 5.41) is 6.90. The van der Waals surface area contributed by atoms with E-state index in [1.807, 2.05) is 36.4 Å². The van der Waals surface area contributed by atoms with Gasteiger partial charge in [-0.15, -0.1) is 24.0 Å². The number of methoxy groups -OCH3 is 2. The topological polar surface area (TPSA) is 67.4 Å². The Bertz CT molecular complexity index is 849. The molecular formula is C24H35IN4O3. The number of benzene rings is 2. The van der Waals surface area contributed by atoms with Crippen LogP contribution in [0.25, 0.3) is 0 Å². The molecule has 176 valence electrons. The number of hydrogen-bond acceptors (Lipinski definition) is 5. The van der Waals surface area contributed by atoms with Gasteiger partial charge in [0, 0.05) is 31.2 Å². The number of halogens is 1. The van der Waals surface area contributed by atoms with Crippen molar-refractivity contribution >= 4 is 35.6 Å². The molecule has 1 aliphatic heterocycles. The Morgan fingerprint density at radius 3 is 2.53 bits per heavy atom. The molecule has 2 N–H and O–H groups in total. The van der Waals surface area contributed by atoms with E-state index in [0.29, 0.717) is 25.8 Å². The smallest absolute Gasteiger partial charge is 0.191 e. The second-order valence-corrected chi connectivity index (χ2v) is 7.37. The summed E-state index contributed by atoms with van der Waals surface area (Å²) in [6.07, 6.45) is 1.05. The second-order valence-electron chi connectivity index (χ2n) is 7.37. The van der Waals surface area contributed by atoms with Gasteiger partial charge in [0.25, 0.3) is 0 Å². The van der Waals surface area contributed by atoms with Crippen molar-refractivity contribution in [3.8, 4) is 11.5 Å². The molecule has 1 fully saturated rings. The normalized spacial score (nSPS) is 15.8. The van der Waals surface area contributed by atoms with Crippen molar-refractivity contribution in [1.29, 1.82) is 0 Å². The zero-order chi connectivity index (χ0) is 21.9. The van der Waals surface area contributed by atoms with Gasteiger partial charge in [0.05, 0.1) is 39.7 Å². The van der Waals surface area contributed by atoms with E-state index in [0.717, 1.165) is 54.8 Å². The zero-order valence-electron chi connectivity index (χ0n) is 19.2. The average Bonchev–Trinajstić information content (AvgIpc) is 3.27. The van der Waals surface area contributed by atoms with Crippen molar-refractivity contribution in [3.05, 3.63) is 54.1 Å². The Labute approximate surface area is 208 Å². The van der Waals surface area contributed by atoms with Crippen LogP contribution in [0.5, 0.6) is 11.5 Å². The van der Waals surface area contributed by atoms with Gasteiger partial charge < -0.3 is 29.7 Å². The highest BCUT2D eigenvalue weighted by Crippen LogP contribution is 2.30. The predicted octanol–water partition coefficient (Wildman–Crippen LogP) is 3.67. The van der Waals surface area contributed by atoms with E-state index < -0.39 is 0 Å². The molecule has 32 heavy (non-hydrogen) atoms. The van der Waals surface area contributed by atoms with Crippen LogP contribution in [0.15, 0.2) is 53.5 Å². The Morgan fingerprint density at radius 2 is 1.78 bits per heavy atom. The van der Waals surface area contributed by atoms with E-state index in [9.17, 15) is 0 Å².